The fourth-order valence-electron chi connectivity index (χ4n) is 3.47. The number of aromatic nitrogens is 1. The lowest BCUT2D eigenvalue weighted by Crippen LogP contribution is -2.44. The Labute approximate surface area is 221 Å². The second-order valence-electron chi connectivity index (χ2n) is 8.85. The number of benzene rings is 2. The molecule has 1 aromatic heterocycles. The highest BCUT2D eigenvalue weighted by Crippen LogP contribution is 2.25. The fraction of sp³-hybridized carbons (Fsp3) is 0.286. The lowest BCUT2D eigenvalue weighted by Gasteiger charge is -2.18. The van der Waals surface area contributed by atoms with Crippen LogP contribution in [0, 0.1) is 5.92 Å². The number of nitrogens with two attached hydrogens (primary N) is 1. The van der Waals surface area contributed by atoms with Gasteiger partial charge in [-0.3, -0.25) is 14.6 Å². The molecule has 0 aliphatic rings. The minimum Gasteiger partial charge on any atom is -0.453 e. The molecule has 3 rings (SSSR count). The molecule has 37 heavy (non-hydrogen) atoms. The molecule has 0 spiro atoms. The number of para-hydroxylation sites is 1. The van der Waals surface area contributed by atoms with Gasteiger partial charge in [-0.05, 0) is 54.8 Å². The van der Waals surface area contributed by atoms with E-state index < -0.39 is 18.2 Å². The van der Waals surface area contributed by atoms with Gasteiger partial charge in [0.25, 0.3) is 0 Å². The molecule has 0 aliphatic heterocycles. The summed E-state index contributed by atoms with van der Waals surface area (Å²) in [7, 11) is 0. The maximum atomic E-state index is 12.4. The van der Waals surface area contributed by atoms with Crippen molar-refractivity contribution in [3.05, 3.63) is 78.5 Å². The number of pyridine rings is 1. The van der Waals surface area contributed by atoms with Crippen molar-refractivity contribution < 1.29 is 14.3 Å². The summed E-state index contributed by atoms with van der Waals surface area (Å²) in [6, 6.07) is 18.4. The molecule has 0 aliphatic carbocycles. The van der Waals surface area contributed by atoms with E-state index in [0.717, 1.165) is 16.5 Å². The summed E-state index contributed by atoms with van der Waals surface area (Å²) in [5, 5.41) is 7.47. The highest BCUT2D eigenvalue weighted by atomic mass is 32.2. The maximum absolute atomic E-state index is 12.4. The van der Waals surface area contributed by atoms with Crippen LogP contribution in [0.4, 0.5) is 5.69 Å². The molecule has 0 radical (unpaired) electrons. The van der Waals surface area contributed by atoms with Gasteiger partial charge in [0, 0.05) is 17.7 Å². The first-order valence-corrected chi connectivity index (χ1v) is 13.1. The molecule has 1 amide bonds. The summed E-state index contributed by atoms with van der Waals surface area (Å²) < 4.78 is 5.37. The molecule has 1 heterocycles. The zero-order valence-corrected chi connectivity index (χ0v) is 22.1. The Balaban J connectivity index is 1.70. The standard InChI is InChI=1S/C28H33N5O3S/c1-19(2)17-23(29)27(35)36-18-37-28(33-24-13-7-11-22-12-8-16-30-26(22)24)32-20(3)31-25(34)15-14-21-9-5-4-6-10-21/h4-16,19-20,23H,17-18,29H2,1-3H3,(H,31,34)(H,32,33)/b15-14+/t20?,23-/m0/s1. The predicted octanol–water partition coefficient (Wildman–Crippen LogP) is 4.59. The van der Waals surface area contributed by atoms with Crippen LogP contribution in [0.25, 0.3) is 17.0 Å². The summed E-state index contributed by atoms with van der Waals surface area (Å²) >= 11 is 1.20. The largest absolute Gasteiger partial charge is 0.453 e. The second kappa shape index (κ2) is 14.2. The zero-order valence-electron chi connectivity index (χ0n) is 21.3. The minimum absolute atomic E-state index is 0.0171. The van der Waals surface area contributed by atoms with Crippen molar-refractivity contribution in [1.82, 2.24) is 15.6 Å². The van der Waals surface area contributed by atoms with Crippen molar-refractivity contribution in [2.24, 2.45) is 16.6 Å². The Morgan fingerprint density at radius 2 is 1.81 bits per heavy atom. The Hall–Kier alpha value is -3.69. The first-order valence-electron chi connectivity index (χ1n) is 12.1. The van der Waals surface area contributed by atoms with Crippen molar-refractivity contribution in [1.29, 1.82) is 0 Å². The smallest absolute Gasteiger partial charge is 0.323 e. The number of nitrogens with zero attached hydrogens (tertiary/aromatic N) is 2. The number of amides is 1. The third kappa shape index (κ3) is 9.36. The fourth-order valence-corrected chi connectivity index (χ4v) is 4.18. The van der Waals surface area contributed by atoms with Gasteiger partial charge in [0.2, 0.25) is 5.91 Å². The van der Waals surface area contributed by atoms with Gasteiger partial charge in [0.15, 0.2) is 5.17 Å². The number of carbonyl (C=O) groups excluding carboxylic acids is 2. The van der Waals surface area contributed by atoms with Gasteiger partial charge in [-0.1, -0.05) is 62.4 Å². The van der Waals surface area contributed by atoms with Gasteiger partial charge in [0.1, 0.15) is 12.0 Å². The van der Waals surface area contributed by atoms with Crippen LogP contribution in [-0.4, -0.2) is 40.2 Å². The quantitative estimate of drug-likeness (QED) is 0.118. The lowest BCUT2D eigenvalue weighted by molar-refractivity contribution is -0.143. The van der Waals surface area contributed by atoms with Crippen molar-refractivity contribution in [3.8, 4) is 0 Å². The number of hydrogen-bond acceptors (Lipinski definition) is 7. The van der Waals surface area contributed by atoms with Crippen molar-refractivity contribution in [2.75, 3.05) is 5.94 Å². The molecule has 194 valence electrons. The average Bonchev–Trinajstić information content (AvgIpc) is 2.87. The Morgan fingerprint density at radius 1 is 1.05 bits per heavy atom. The lowest BCUT2D eigenvalue weighted by atomic mass is 10.1. The third-order valence-electron chi connectivity index (χ3n) is 5.18. The van der Waals surface area contributed by atoms with E-state index in [2.05, 4.69) is 15.6 Å². The Bertz CT molecular complexity index is 1240. The molecule has 1 unspecified atom stereocenters. The summed E-state index contributed by atoms with van der Waals surface area (Å²) in [5.74, 6) is -0.414. The maximum Gasteiger partial charge on any atom is 0.323 e. The molecule has 0 fully saturated rings. The molecule has 0 saturated heterocycles. The average molecular weight is 520 g/mol. The van der Waals surface area contributed by atoms with Crippen LogP contribution in [-0.2, 0) is 14.3 Å². The number of fused-ring (bicyclic) bond motifs is 1. The van der Waals surface area contributed by atoms with Gasteiger partial charge in [-0.25, -0.2) is 4.99 Å². The van der Waals surface area contributed by atoms with E-state index in [0.29, 0.717) is 17.3 Å². The van der Waals surface area contributed by atoms with Crippen LogP contribution in [0.15, 0.2) is 77.9 Å². The van der Waals surface area contributed by atoms with E-state index >= 15 is 0 Å². The Morgan fingerprint density at radius 3 is 2.57 bits per heavy atom. The van der Waals surface area contributed by atoms with E-state index in [9.17, 15) is 9.59 Å². The van der Waals surface area contributed by atoms with Gasteiger partial charge in [-0.2, -0.15) is 0 Å². The van der Waals surface area contributed by atoms with Crippen LogP contribution in [0.5, 0.6) is 0 Å². The zero-order chi connectivity index (χ0) is 26.6. The topological polar surface area (TPSA) is 119 Å². The molecule has 8 nitrogen and oxygen atoms in total. The molecular weight excluding hydrogens is 486 g/mol. The van der Waals surface area contributed by atoms with Crippen LogP contribution in [0.2, 0.25) is 0 Å². The summed E-state index contributed by atoms with van der Waals surface area (Å²) in [5.41, 5.74) is 8.25. The number of amidine groups is 1. The molecule has 2 atom stereocenters. The molecular formula is C28H33N5O3S. The number of rotatable bonds is 10. The van der Waals surface area contributed by atoms with E-state index in [4.69, 9.17) is 15.5 Å². The third-order valence-corrected chi connectivity index (χ3v) is 5.90. The summed E-state index contributed by atoms with van der Waals surface area (Å²) in [6.45, 7) is 5.80. The summed E-state index contributed by atoms with van der Waals surface area (Å²) in [6.07, 6.45) is 5.02. The molecule has 0 bridgehead atoms. The van der Waals surface area contributed by atoms with E-state index in [1.54, 1.807) is 19.2 Å². The number of nitrogens with one attached hydrogen (secondary N) is 2. The molecule has 2 aromatic carbocycles. The van der Waals surface area contributed by atoms with Crippen molar-refractivity contribution >= 4 is 51.5 Å². The van der Waals surface area contributed by atoms with Crippen LogP contribution in [0.1, 0.15) is 32.8 Å². The van der Waals surface area contributed by atoms with Crippen LogP contribution in [0.3, 0.4) is 0 Å². The molecule has 9 heteroatoms. The summed E-state index contributed by atoms with van der Waals surface area (Å²) in [4.78, 5) is 33.9. The van der Waals surface area contributed by atoms with Gasteiger partial charge < -0.3 is 21.1 Å². The predicted molar refractivity (Wildman–Crippen MR) is 151 cm³/mol. The van der Waals surface area contributed by atoms with E-state index in [-0.39, 0.29) is 17.8 Å². The molecule has 0 saturated carbocycles. The van der Waals surface area contributed by atoms with Gasteiger partial charge in [-0.15, -0.1) is 0 Å². The highest BCUT2D eigenvalue weighted by molar-refractivity contribution is 8.13. The first-order chi connectivity index (χ1) is 17.8. The Kier molecular flexibility index (Phi) is 10.7. The van der Waals surface area contributed by atoms with E-state index in [1.807, 2.05) is 74.5 Å². The number of ether oxygens (including phenoxy) is 1. The van der Waals surface area contributed by atoms with Crippen LogP contribution >= 0.6 is 11.8 Å². The first kappa shape index (κ1) is 27.9. The number of esters is 1. The second-order valence-corrected chi connectivity index (χ2v) is 9.76. The van der Waals surface area contributed by atoms with E-state index in [1.165, 1.54) is 17.8 Å². The molecule has 4 N–H and O–H groups in total. The normalized spacial score (nSPS) is 13.5. The van der Waals surface area contributed by atoms with Crippen molar-refractivity contribution in [3.63, 3.8) is 0 Å². The number of thioether (sulfide) groups is 1. The van der Waals surface area contributed by atoms with Crippen LogP contribution < -0.4 is 16.4 Å². The SMILES string of the molecule is CC(C)C[C@H](N)C(=O)OCS/C(=N/c1cccc2cccnc12)NC(C)NC(=O)/C=C/c1ccccc1. The molecule has 3 aromatic rings. The number of carbonyl (C=O) groups is 2. The van der Waals surface area contributed by atoms with Crippen molar-refractivity contribution in [2.45, 2.75) is 39.4 Å². The number of hydrogen-bond donors (Lipinski definition) is 3. The minimum atomic E-state index is -0.675. The monoisotopic (exact) mass is 519 g/mol. The van der Waals surface area contributed by atoms with Gasteiger partial charge >= 0.3 is 5.97 Å². The number of aliphatic imine (C=N–C) groups is 1. The van der Waals surface area contributed by atoms with Gasteiger partial charge in [0.05, 0.1) is 17.4 Å². The highest BCUT2D eigenvalue weighted by Gasteiger charge is 2.17.